The summed E-state index contributed by atoms with van der Waals surface area (Å²) in [5.41, 5.74) is 0.431. The molecule has 0 aliphatic carbocycles. The number of thiophene rings is 1. The number of ether oxygens (including phenoxy) is 1. The molecular formula is C16H14N2O3S2. The lowest BCUT2D eigenvalue weighted by Crippen LogP contribution is -2.13. The van der Waals surface area contributed by atoms with E-state index in [1.807, 2.05) is 35.7 Å². The number of nitrogens with one attached hydrogen (secondary N) is 1. The number of rotatable bonds is 6. The van der Waals surface area contributed by atoms with Gasteiger partial charge >= 0.3 is 5.97 Å². The van der Waals surface area contributed by atoms with Crippen LogP contribution in [0.3, 0.4) is 0 Å². The van der Waals surface area contributed by atoms with E-state index in [0.717, 1.165) is 4.90 Å². The number of H-pyrrole nitrogens is 1. The third-order valence-electron chi connectivity index (χ3n) is 3.05. The molecule has 0 aliphatic rings. The molecule has 2 aromatic heterocycles. The minimum Gasteiger partial charge on any atom is -0.457 e. The highest BCUT2D eigenvalue weighted by molar-refractivity contribution is 7.99. The molecule has 0 bridgehead atoms. The summed E-state index contributed by atoms with van der Waals surface area (Å²) in [5, 5.41) is 1.81. The summed E-state index contributed by atoms with van der Waals surface area (Å²) in [5.74, 6) is 0.711. The standard InChI is InChI=1S/C16H14N2O3S2/c19-14(7-9-22-11-4-2-1-3-5-11)21-10-13-17-12-6-8-23-15(12)16(20)18-13/h1-6,8H,7,9-10H2,(H,17,18,20). The predicted molar refractivity (Wildman–Crippen MR) is 91.8 cm³/mol. The summed E-state index contributed by atoms with van der Waals surface area (Å²) in [7, 11) is 0. The molecule has 118 valence electrons. The van der Waals surface area contributed by atoms with Gasteiger partial charge in [0.1, 0.15) is 17.1 Å². The molecule has 0 unspecified atom stereocenters. The van der Waals surface area contributed by atoms with Crippen molar-refractivity contribution in [2.24, 2.45) is 0 Å². The number of aromatic amines is 1. The van der Waals surface area contributed by atoms with E-state index in [1.165, 1.54) is 11.3 Å². The fourth-order valence-corrected chi connectivity index (χ4v) is 3.56. The molecule has 0 radical (unpaired) electrons. The summed E-state index contributed by atoms with van der Waals surface area (Å²) in [6.45, 7) is -0.0180. The molecule has 23 heavy (non-hydrogen) atoms. The van der Waals surface area contributed by atoms with Crippen LogP contribution in [0.4, 0.5) is 0 Å². The highest BCUT2D eigenvalue weighted by Crippen LogP contribution is 2.18. The van der Waals surface area contributed by atoms with Gasteiger partial charge in [0, 0.05) is 10.6 Å². The Bertz CT molecular complexity index is 858. The van der Waals surface area contributed by atoms with Gasteiger partial charge in [-0.1, -0.05) is 18.2 Å². The van der Waals surface area contributed by atoms with Crippen LogP contribution in [0.1, 0.15) is 12.2 Å². The Hall–Kier alpha value is -2.12. The van der Waals surface area contributed by atoms with Crippen LogP contribution in [-0.4, -0.2) is 21.7 Å². The van der Waals surface area contributed by atoms with Crippen molar-refractivity contribution in [3.63, 3.8) is 0 Å². The molecule has 3 rings (SSSR count). The van der Waals surface area contributed by atoms with Gasteiger partial charge in [-0.2, -0.15) is 0 Å². The van der Waals surface area contributed by atoms with E-state index >= 15 is 0 Å². The third kappa shape index (κ3) is 4.20. The van der Waals surface area contributed by atoms with Crippen molar-refractivity contribution in [3.8, 4) is 0 Å². The molecule has 0 spiro atoms. The number of esters is 1. The first-order valence-corrected chi connectivity index (χ1v) is 8.89. The molecule has 0 saturated carbocycles. The highest BCUT2D eigenvalue weighted by atomic mass is 32.2. The van der Waals surface area contributed by atoms with E-state index in [0.29, 0.717) is 28.2 Å². The van der Waals surface area contributed by atoms with Crippen LogP contribution >= 0.6 is 23.1 Å². The van der Waals surface area contributed by atoms with Gasteiger partial charge in [-0.3, -0.25) is 9.59 Å². The molecule has 5 nitrogen and oxygen atoms in total. The van der Waals surface area contributed by atoms with Gasteiger partial charge in [-0.05, 0) is 23.6 Å². The Morgan fingerprint density at radius 2 is 2.09 bits per heavy atom. The van der Waals surface area contributed by atoms with Crippen LogP contribution in [0.15, 0.2) is 51.5 Å². The topological polar surface area (TPSA) is 72.0 Å². The molecule has 3 aromatic rings. The van der Waals surface area contributed by atoms with Gasteiger partial charge in [-0.15, -0.1) is 23.1 Å². The third-order valence-corrected chi connectivity index (χ3v) is 4.97. The van der Waals surface area contributed by atoms with Crippen molar-refractivity contribution >= 4 is 39.3 Å². The van der Waals surface area contributed by atoms with Crippen LogP contribution < -0.4 is 5.56 Å². The fraction of sp³-hybridized carbons (Fsp3) is 0.188. The second-order valence-electron chi connectivity index (χ2n) is 4.72. The molecule has 0 atom stereocenters. The summed E-state index contributed by atoms with van der Waals surface area (Å²) in [4.78, 5) is 31.6. The number of thioether (sulfide) groups is 1. The first kappa shape index (κ1) is 15.8. The normalized spacial score (nSPS) is 10.8. The van der Waals surface area contributed by atoms with Crippen molar-refractivity contribution in [1.82, 2.24) is 9.97 Å². The minimum atomic E-state index is -0.304. The average Bonchev–Trinajstić information content (AvgIpc) is 3.03. The Morgan fingerprint density at radius 3 is 2.91 bits per heavy atom. The number of carbonyl (C=O) groups excluding carboxylic acids is 1. The van der Waals surface area contributed by atoms with Crippen molar-refractivity contribution < 1.29 is 9.53 Å². The van der Waals surface area contributed by atoms with Gasteiger partial charge < -0.3 is 9.72 Å². The maximum Gasteiger partial charge on any atom is 0.307 e. The Morgan fingerprint density at radius 1 is 1.26 bits per heavy atom. The summed E-state index contributed by atoms with van der Waals surface area (Å²) >= 11 is 2.94. The largest absolute Gasteiger partial charge is 0.457 e. The fourth-order valence-electron chi connectivity index (χ4n) is 1.98. The Balaban J connectivity index is 1.49. The van der Waals surface area contributed by atoms with E-state index in [9.17, 15) is 9.59 Å². The van der Waals surface area contributed by atoms with Crippen LogP contribution in [0, 0.1) is 0 Å². The van der Waals surface area contributed by atoms with Gasteiger partial charge in [0.15, 0.2) is 0 Å². The Kier molecular flexibility index (Phi) is 5.09. The minimum absolute atomic E-state index is 0.0180. The summed E-state index contributed by atoms with van der Waals surface area (Å²) in [6, 6.07) is 11.7. The van der Waals surface area contributed by atoms with Crippen LogP contribution in [0.5, 0.6) is 0 Å². The number of hydrogen-bond donors (Lipinski definition) is 1. The SMILES string of the molecule is O=C(CCSc1ccccc1)OCc1nc2ccsc2c(=O)[nH]1. The molecule has 1 N–H and O–H groups in total. The molecule has 2 heterocycles. The molecule has 0 fully saturated rings. The molecule has 0 aliphatic heterocycles. The maximum absolute atomic E-state index is 11.8. The smallest absolute Gasteiger partial charge is 0.307 e. The number of aromatic nitrogens is 2. The van der Waals surface area contributed by atoms with E-state index in [-0.39, 0.29) is 18.1 Å². The lowest BCUT2D eigenvalue weighted by Gasteiger charge is -2.04. The van der Waals surface area contributed by atoms with Crippen LogP contribution in [-0.2, 0) is 16.1 Å². The molecule has 1 aromatic carbocycles. The zero-order valence-corrected chi connectivity index (χ0v) is 13.8. The first-order valence-electron chi connectivity index (χ1n) is 7.02. The number of carbonyl (C=O) groups is 1. The van der Waals surface area contributed by atoms with Gasteiger partial charge in [-0.25, -0.2) is 4.98 Å². The number of benzene rings is 1. The molecule has 0 saturated heterocycles. The van der Waals surface area contributed by atoms with E-state index < -0.39 is 0 Å². The second-order valence-corrected chi connectivity index (χ2v) is 6.80. The van der Waals surface area contributed by atoms with Crippen molar-refractivity contribution in [1.29, 1.82) is 0 Å². The molecular weight excluding hydrogens is 332 g/mol. The highest BCUT2D eigenvalue weighted by Gasteiger charge is 2.08. The van der Waals surface area contributed by atoms with Crippen molar-refractivity contribution in [2.45, 2.75) is 17.9 Å². The first-order chi connectivity index (χ1) is 11.2. The van der Waals surface area contributed by atoms with Crippen molar-refractivity contribution in [3.05, 3.63) is 58.0 Å². The zero-order chi connectivity index (χ0) is 16.1. The number of hydrogen-bond acceptors (Lipinski definition) is 6. The summed E-state index contributed by atoms with van der Waals surface area (Å²) in [6.07, 6.45) is 0.310. The van der Waals surface area contributed by atoms with Crippen LogP contribution in [0.25, 0.3) is 10.2 Å². The van der Waals surface area contributed by atoms with E-state index in [2.05, 4.69) is 9.97 Å². The predicted octanol–water partition coefficient (Wildman–Crippen LogP) is 3.21. The average molecular weight is 346 g/mol. The second kappa shape index (κ2) is 7.43. The number of fused-ring (bicyclic) bond motifs is 1. The van der Waals surface area contributed by atoms with E-state index in [1.54, 1.807) is 17.8 Å². The zero-order valence-electron chi connectivity index (χ0n) is 12.2. The Labute approximate surface area is 140 Å². The lowest BCUT2D eigenvalue weighted by atomic mass is 10.4. The van der Waals surface area contributed by atoms with Gasteiger partial charge in [0.25, 0.3) is 5.56 Å². The maximum atomic E-state index is 11.8. The van der Waals surface area contributed by atoms with Gasteiger partial charge in [0.2, 0.25) is 0 Å². The monoisotopic (exact) mass is 346 g/mol. The molecule has 7 heteroatoms. The summed E-state index contributed by atoms with van der Waals surface area (Å²) < 4.78 is 5.75. The lowest BCUT2D eigenvalue weighted by molar-refractivity contribution is -0.144. The van der Waals surface area contributed by atoms with E-state index in [4.69, 9.17) is 4.74 Å². The van der Waals surface area contributed by atoms with Crippen molar-refractivity contribution in [2.75, 3.05) is 5.75 Å². The molecule has 0 amide bonds. The number of nitrogens with zero attached hydrogens (tertiary/aromatic N) is 1. The quantitative estimate of drug-likeness (QED) is 0.548. The van der Waals surface area contributed by atoms with Gasteiger partial charge in [0.05, 0.1) is 11.9 Å². The van der Waals surface area contributed by atoms with Crippen LogP contribution in [0.2, 0.25) is 0 Å².